The van der Waals surface area contributed by atoms with Crippen LogP contribution in [0.4, 0.5) is 0 Å². The Morgan fingerprint density at radius 3 is 1.91 bits per heavy atom. The zero-order valence-corrected chi connectivity index (χ0v) is 15.1. The summed E-state index contributed by atoms with van der Waals surface area (Å²) in [6.07, 6.45) is 13.6. The molecule has 0 atom stereocenters. The van der Waals surface area contributed by atoms with E-state index < -0.39 is 0 Å². The minimum absolute atomic E-state index is 0.579. The number of nitrogens with one attached hydrogen (secondary N) is 1. The fourth-order valence-corrected chi connectivity index (χ4v) is 2.62. The Morgan fingerprint density at radius 2 is 1.35 bits per heavy atom. The van der Waals surface area contributed by atoms with Gasteiger partial charge in [0.2, 0.25) is 0 Å². The Kier molecular flexibility index (Phi) is 12.6. The highest BCUT2D eigenvalue weighted by atomic mass is 16.6. The van der Waals surface area contributed by atoms with Crippen molar-refractivity contribution in [2.75, 3.05) is 13.7 Å². The fourth-order valence-electron chi connectivity index (χ4n) is 2.62. The lowest BCUT2D eigenvalue weighted by Gasteiger charge is -2.07. The zero-order valence-electron chi connectivity index (χ0n) is 15.1. The van der Waals surface area contributed by atoms with Crippen molar-refractivity contribution in [1.29, 1.82) is 0 Å². The molecule has 0 unspecified atom stereocenters. The van der Waals surface area contributed by atoms with Gasteiger partial charge in [-0.2, -0.15) is 0 Å². The molecule has 0 radical (unpaired) electrons. The summed E-state index contributed by atoms with van der Waals surface area (Å²) >= 11 is 0. The van der Waals surface area contributed by atoms with Gasteiger partial charge in [-0.25, -0.2) is 5.48 Å². The highest BCUT2D eigenvalue weighted by Crippen LogP contribution is 2.14. The first-order chi connectivity index (χ1) is 11.4. The molecule has 1 N–H and O–H groups in total. The maximum atomic E-state index is 5.78. The molecule has 0 aliphatic heterocycles. The second kappa shape index (κ2) is 14.5. The zero-order chi connectivity index (χ0) is 16.6. The Hall–Kier alpha value is -1.06. The monoisotopic (exact) mass is 321 g/mol. The average molecular weight is 322 g/mol. The first-order valence-electron chi connectivity index (χ1n) is 9.37. The molecule has 0 aliphatic rings. The Bertz CT molecular complexity index is 364. The number of hydrogen-bond acceptors (Lipinski definition) is 3. The summed E-state index contributed by atoms with van der Waals surface area (Å²) in [6.45, 7) is 3.67. The number of benzene rings is 1. The minimum Gasteiger partial charge on any atom is -0.494 e. The van der Waals surface area contributed by atoms with Crippen molar-refractivity contribution in [3.63, 3.8) is 0 Å². The van der Waals surface area contributed by atoms with E-state index >= 15 is 0 Å². The highest BCUT2D eigenvalue weighted by Gasteiger charge is 1.97. The van der Waals surface area contributed by atoms with Crippen LogP contribution in [0.5, 0.6) is 5.75 Å². The summed E-state index contributed by atoms with van der Waals surface area (Å²) < 4.78 is 5.78. The minimum atomic E-state index is 0.579. The van der Waals surface area contributed by atoms with E-state index in [4.69, 9.17) is 9.57 Å². The smallest absolute Gasteiger partial charge is 0.119 e. The molecule has 0 aromatic heterocycles. The molecular weight excluding hydrogens is 286 g/mol. The Balaban J connectivity index is 1.92. The van der Waals surface area contributed by atoms with E-state index in [0.29, 0.717) is 6.61 Å². The summed E-state index contributed by atoms with van der Waals surface area (Å²) in [7, 11) is 1.77. The normalized spacial score (nSPS) is 10.9. The molecule has 0 amide bonds. The van der Waals surface area contributed by atoms with E-state index in [1.165, 1.54) is 57.8 Å². The largest absolute Gasteiger partial charge is 0.494 e. The van der Waals surface area contributed by atoms with Gasteiger partial charge in [0.15, 0.2) is 0 Å². The lowest BCUT2D eigenvalue weighted by molar-refractivity contribution is 0.0444. The van der Waals surface area contributed by atoms with Crippen LogP contribution in [0.2, 0.25) is 0 Å². The van der Waals surface area contributed by atoms with E-state index in [0.717, 1.165) is 24.3 Å². The molecule has 0 bridgehead atoms. The van der Waals surface area contributed by atoms with Crippen LogP contribution in [-0.4, -0.2) is 13.7 Å². The summed E-state index contributed by atoms with van der Waals surface area (Å²) in [4.78, 5) is 5.14. The van der Waals surface area contributed by atoms with Crippen molar-refractivity contribution >= 4 is 0 Å². The van der Waals surface area contributed by atoms with Gasteiger partial charge in [0.25, 0.3) is 0 Å². The van der Waals surface area contributed by atoms with E-state index in [2.05, 4.69) is 12.4 Å². The maximum absolute atomic E-state index is 5.78. The van der Waals surface area contributed by atoms with Crippen LogP contribution in [0.3, 0.4) is 0 Å². The lowest BCUT2D eigenvalue weighted by Crippen LogP contribution is -2.06. The molecule has 0 saturated heterocycles. The van der Waals surface area contributed by atoms with Gasteiger partial charge in [0.05, 0.1) is 13.2 Å². The first-order valence-corrected chi connectivity index (χ1v) is 9.37. The van der Waals surface area contributed by atoms with Gasteiger partial charge in [0, 0.05) is 7.05 Å². The van der Waals surface area contributed by atoms with E-state index in [1.807, 2.05) is 24.3 Å². The third kappa shape index (κ3) is 11.2. The van der Waals surface area contributed by atoms with Gasteiger partial charge < -0.3 is 4.74 Å². The van der Waals surface area contributed by atoms with Crippen molar-refractivity contribution in [2.45, 2.75) is 77.7 Å². The van der Waals surface area contributed by atoms with Crippen molar-refractivity contribution in [3.8, 4) is 5.75 Å². The van der Waals surface area contributed by atoms with Crippen LogP contribution in [0.1, 0.15) is 76.7 Å². The molecule has 23 heavy (non-hydrogen) atoms. The molecule has 3 nitrogen and oxygen atoms in total. The second-order valence-corrected chi connectivity index (χ2v) is 6.17. The molecule has 0 heterocycles. The average Bonchev–Trinajstić information content (AvgIpc) is 2.59. The van der Waals surface area contributed by atoms with Crippen molar-refractivity contribution in [3.05, 3.63) is 29.8 Å². The van der Waals surface area contributed by atoms with Gasteiger partial charge in [-0.3, -0.25) is 4.84 Å². The predicted octanol–water partition coefficient (Wildman–Crippen LogP) is 5.64. The molecule has 0 aliphatic carbocycles. The molecular formula is C20H35NO2. The predicted molar refractivity (Wildman–Crippen MR) is 97.6 cm³/mol. The van der Waals surface area contributed by atoms with Crippen molar-refractivity contribution < 1.29 is 9.57 Å². The van der Waals surface area contributed by atoms with Gasteiger partial charge in [0.1, 0.15) is 5.75 Å². The number of hydroxylamine groups is 1. The molecule has 1 aromatic rings. The van der Waals surface area contributed by atoms with Crippen LogP contribution >= 0.6 is 0 Å². The van der Waals surface area contributed by atoms with Gasteiger partial charge in [-0.15, -0.1) is 0 Å². The highest BCUT2D eigenvalue weighted by molar-refractivity contribution is 5.26. The van der Waals surface area contributed by atoms with Crippen LogP contribution in [0, 0.1) is 0 Å². The summed E-state index contributed by atoms with van der Waals surface area (Å²) in [5.41, 5.74) is 3.82. The third-order valence-electron chi connectivity index (χ3n) is 4.07. The van der Waals surface area contributed by atoms with Gasteiger partial charge in [-0.1, -0.05) is 76.8 Å². The standard InChI is InChI=1S/C20H35NO2/c1-3-4-5-6-7-8-9-10-11-12-17-22-20-15-13-19(14-16-20)18-23-21-2/h13-16,21H,3-12,17-18H2,1-2H3. The van der Waals surface area contributed by atoms with Crippen LogP contribution in [0.25, 0.3) is 0 Å². The maximum Gasteiger partial charge on any atom is 0.119 e. The molecule has 3 heteroatoms. The number of rotatable bonds is 15. The fraction of sp³-hybridized carbons (Fsp3) is 0.700. The quantitative estimate of drug-likeness (QED) is 0.335. The number of unbranched alkanes of at least 4 members (excludes halogenated alkanes) is 9. The summed E-state index contributed by atoms with van der Waals surface area (Å²) in [6, 6.07) is 8.13. The number of ether oxygens (including phenoxy) is 1. The topological polar surface area (TPSA) is 30.5 Å². The molecule has 1 aromatic carbocycles. The third-order valence-corrected chi connectivity index (χ3v) is 4.07. The van der Waals surface area contributed by atoms with Crippen molar-refractivity contribution in [2.24, 2.45) is 0 Å². The van der Waals surface area contributed by atoms with Crippen LogP contribution < -0.4 is 10.2 Å². The lowest BCUT2D eigenvalue weighted by atomic mass is 10.1. The van der Waals surface area contributed by atoms with Crippen LogP contribution in [0.15, 0.2) is 24.3 Å². The summed E-state index contributed by atoms with van der Waals surface area (Å²) in [5, 5.41) is 0. The van der Waals surface area contributed by atoms with Gasteiger partial charge in [-0.05, 0) is 24.1 Å². The van der Waals surface area contributed by atoms with E-state index in [1.54, 1.807) is 7.05 Å². The number of hydrogen-bond donors (Lipinski definition) is 1. The summed E-state index contributed by atoms with van der Waals surface area (Å²) in [5.74, 6) is 0.953. The second-order valence-electron chi connectivity index (χ2n) is 6.17. The molecule has 0 saturated carbocycles. The van der Waals surface area contributed by atoms with Crippen LogP contribution in [-0.2, 0) is 11.4 Å². The SMILES string of the molecule is CCCCCCCCCCCCOc1ccc(CONC)cc1. The molecule has 1 rings (SSSR count). The molecule has 0 spiro atoms. The van der Waals surface area contributed by atoms with Crippen molar-refractivity contribution in [1.82, 2.24) is 5.48 Å². The molecule has 0 fully saturated rings. The first kappa shape index (κ1) is 20.0. The van der Waals surface area contributed by atoms with E-state index in [-0.39, 0.29) is 0 Å². The van der Waals surface area contributed by atoms with E-state index in [9.17, 15) is 0 Å². The Labute approximate surface area is 142 Å². The Morgan fingerprint density at radius 1 is 0.783 bits per heavy atom. The van der Waals surface area contributed by atoms with Gasteiger partial charge >= 0.3 is 0 Å². The molecule has 132 valence electrons.